The summed E-state index contributed by atoms with van der Waals surface area (Å²) < 4.78 is 0. The molecule has 0 heterocycles. The van der Waals surface area contributed by atoms with E-state index in [1.807, 2.05) is 47.6 Å². The summed E-state index contributed by atoms with van der Waals surface area (Å²) in [4.78, 5) is 0. The van der Waals surface area contributed by atoms with Crippen LogP contribution in [0.3, 0.4) is 0 Å². The molecule has 0 aromatic carbocycles. The van der Waals surface area contributed by atoms with E-state index in [1.54, 1.807) is 13.0 Å². The molecule has 0 saturated heterocycles. The number of rotatable bonds is 2. The largest absolute Gasteiger partial charge is 0.386 e. The second kappa shape index (κ2) is 13.3. The van der Waals surface area contributed by atoms with Crippen LogP contribution >= 0.6 is 0 Å². The maximum Gasteiger partial charge on any atom is 0.0796 e. The van der Waals surface area contributed by atoms with Crippen molar-refractivity contribution in [2.75, 3.05) is 0 Å². The van der Waals surface area contributed by atoms with Gasteiger partial charge < -0.3 is 5.11 Å². The number of allylic oxidation sites excluding steroid dienone is 1. The zero-order chi connectivity index (χ0) is 10.6. The van der Waals surface area contributed by atoms with Gasteiger partial charge in [0.25, 0.3) is 0 Å². The molecule has 0 aliphatic heterocycles. The highest BCUT2D eigenvalue weighted by atomic mass is 16.3. The van der Waals surface area contributed by atoms with Crippen molar-refractivity contribution in [2.45, 2.75) is 60.5 Å². The molecule has 0 radical (unpaired) electrons. The van der Waals surface area contributed by atoms with Crippen LogP contribution in [-0.2, 0) is 0 Å². The Balaban J connectivity index is -0.000000175. The summed E-state index contributed by atoms with van der Waals surface area (Å²) in [5, 5.41) is 9.24. The van der Waals surface area contributed by atoms with Gasteiger partial charge in [0.2, 0.25) is 0 Å². The predicted molar refractivity (Wildman–Crippen MR) is 58.4 cm³/mol. The smallest absolute Gasteiger partial charge is 0.0796 e. The van der Waals surface area contributed by atoms with E-state index in [4.69, 9.17) is 0 Å². The van der Waals surface area contributed by atoms with Crippen molar-refractivity contribution in [1.82, 2.24) is 0 Å². The minimum atomic E-state index is -0.589. The minimum Gasteiger partial charge on any atom is -0.386 e. The normalized spacial score (nSPS) is 13.7. The number of aliphatic hydroxyl groups is 1. The van der Waals surface area contributed by atoms with E-state index in [1.165, 1.54) is 0 Å². The lowest BCUT2D eigenvalue weighted by molar-refractivity contribution is 0.107. The number of hydrogen-bond acceptors (Lipinski definition) is 1. The zero-order valence-electron chi connectivity index (χ0n) is 9.81. The highest BCUT2D eigenvalue weighted by Gasteiger charge is 2.10. The molecule has 0 spiro atoms. The van der Waals surface area contributed by atoms with Gasteiger partial charge in [-0.2, -0.15) is 0 Å². The van der Waals surface area contributed by atoms with Crippen molar-refractivity contribution in [3.63, 3.8) is 0 Å². The molecule has 0 aliphatic carbocycles. The summed E-state index contributed by atoms with van der Waals surface area (Å²) in [6.07, 6.45) is 4.44. The van der Waals surface area contributed by atoms with Crippen LogP contribution in [0, 0.1) is 0 Å². The summed E-state index contributed by atoms with van der Waals surface area (Å²) in [5.41, 5.74) is -0.589. The lowest BCUT2D eigenvalue weighted by Gasteiger charge is -2.14. The van der Waals surface area contributed by atoms with Crippen LogP contribution < -0.4 is 0 Å². The molecule has 1 heteroatoms. The van der Waals surface area contributed by atoms with Crippen LogP contribution in [0.1, 0.15) is 54.9 Å². The Bertz CT molecular complexity index is 83.0. The van der Waals surface area contributed by atoms with Gasteiger partial charge in [-0.15, -0.1) is 0 Å². The van der Waals surface area contributed by atoms with Crippen LogP contribution in [-0.4, -0.2) is 10.7 Å². The molecule has 0 rings (SSSR count). The molecule has 1 N–H and O–H groups in total. The van der Waals surface area contributed by atoms with E-state index in [9.17, 15) is 5.11 Å². The first-order chi connectivity index (χ1) is 5.62. The van der Waals surface area contributed by atoms with Crippen LogP contribution in [0.25, 0.3) is 0 Å². The van der Waals surface area contributed by atoms with E-state index in [0.29, 0.717) is 0 Å². The van der Waals surface area contributed by atoms with Crippen LogP contribution in [0.2, 0.25) is 0 Å². The van der Waals surface area contributed by atoms with E-state index in [0.717, 1.165) is 6.42 Å². The first-order valence-corrected chi connectivity index (χ1v) is 4.98. The molecule has 0 aliphatic rings. The summed E-state index contributed by atoms with van der Waals surface area (Å²) in [7, 11) is 0. The maximum atomic E-state index is 9.24. The minimum absolute atomic E-state index is 0.589. The fourth-order valence-electron chi connectivity index (χ4n) is 0.477. The average molecular weight is 174 g/mol. The van der Waals surface area contributed by atoms with Crippen molar-refractivity contribution in [3.05, 3.63) is 12.2 Å². The summed E-state index contributed by atoms with van der Waals surface area (Å²) >= 11 is 0. The SMILES string of the molecule is C/C=C\C(C)(O)CC.CC.CC. The van der Waals surface area contributed by atoms with E-state index in [-0.39, 0.29) is 0 Å². The Kier molecular flexibility index (Phi) is 19.6. The second-order valence-corrected chi connectivity index (χ2v) is 2.21. The van der Waals surface area contributed by atoms with Gasteiger partial charge in [0, 0.05) is 0 Å². The summed E-state index contributed by atoms with van der Waals surface area (Å²) in [5.74, 6) is 0. The Labute approximate surface area is 78.5 Å². The highest BCUT2D eigenvalue weighted by Crippen LogP contribution is 2.08. The van der Waals surface area contributed by atoms with Gasteiger partial charge in [0.1, 0.15) is 0 Å². The lowest BCUT2D eigenvalue weighted by atomic mass is 10.0. The molecule has 0 fully saturated rings. The maximum absolute atomic E-state index is 9.24. The average Bonchev–Trinajstić information content (AvgIpc) is 2.12. The molecular formula is C11H26O. The van der Waals surface area contributed by atoms with Gasteiger partial charge in [-0.1, -0.05) is 46.8 Å². The van der Waals surface area contributed by atoms with Crippen molar-refractivity contribution < 1.29 is 5.11 Å². The van der Waals surface area contributed by atoms with E-state index in [2.05, 4.69) is 0 Å². The van der Waals surface area contributed by atoms with Gasteiger partial charge in [0.15, 0.2) is 0 Å². The Morgan fingerprint density at radius 1 is 1.17 bits per heavy atom. The molecule has 1 atom stereocenters. The van der Waals surface area contributed by atoms with Gasteiger partial charge >= 0.3 is 0 Å². The standard InChI is InChI=1S/C7H14O.2C2H6/c1-4-6-7(3,8)5-2;2*1-2/h4,6,8H,5H2,1-3H3;2*1-2H3/b6-4-;;. The van der Waals surface area contributed by atoms with Crippen molar-refractivity contribution in [1.29, 1.82) is 0 Å². The molecular weight excluding hydrogens is 148 g/mol. The van der Waals surface area contributed by atoms with Gasteiger partial charge in [0.05, 0.1) is 5.60 Å². The highest BCUT2D eigenvalue weighted by molar-refractivity contribution is 4.95. The van der Waals surface area contributed by atoms with Crippen molar-refractivity contribution in [3.8, 4) is 0 Å². The third-order valence-electron chi connectivity index (χ3n) is 1.24. The molecule has 0 aromatic heterocycles. The quantitative estimate of drug-likeness (QED) is 0.632. The molecule has 76 valence electrons. The molecule has 0 aromatic rings. The van der Waals surface area contributed by atoms with Gasteiger partial charge in [-0.25, -0.2) is 0 Å². The molecule has 1 unspecified atom stereocenters. The molecule has 0 bridgehead atoms. The molecule has 0 amide bonds. The Hall–Kier alpha value is -0.300. The second-order valence-electron chi connectivity index (χ2n) is 2.21. The lowest BCUT2D eigenvalue weighted by Crippen LogP contribution is -2.18. The van der Waals surface area contributed by atoms with Crippen molar-refractivity contribution >= 4 is 0 Å². The molecule has 0 saturated carbocycles. The van der Waals surface area contributed by atoms with Crippen LogP contribution in [0.5, 0.6) is 0 Å². The van der Waals surface area contributed by atoms with E-state index >= 15 is 0 Å². The first kappa shape index (κ1) is 17.7. The zero-order valence-corrected chi connectivity index (χ0v) is 9.81. The van der Waals surface area contributed by atoms with Crippen LogP contribution in [0.4, 0.5) is 0 Å². The topological polar surface area (TPSA) is 20.2 Å². The van der Waals surface area contributed by atoms with Crippen LogP contribution in [0.15, 0.2) is 12.2 Å². The van der Waals surface area contributed by atoms with Crippen molar-refractivity contribution in [2.24, 2.45) is 0 Å². The summed E-state index contributed by atoms with van der Waals surface area (Å²) in [6.45, 7) is 13.7. The first-order valence-electron chi connectivity index (χ1n) is 4.98. The number of hydrogen-bond donors (Lipinski definition) is 1. The Morgan fingerprint density at radius 2 is 1.50 bits per heavy atom. The fourth-order valence-corrected chi connectivity index (χ4v) is 0.477. The fraction of sp³-hybridized carbons (Fsp3) is 0.818. The molecule has 12 heavy (non-hydrogen) atoms. The van der Waals surface area contributed by atoms with Gasteiger partial charge in [-0.05, 0) is 20.3 Å². The predicted octanol–water partition coefficient (Wildman–Crippen LogP) is 3.78. The van der Waals surface area contributed by atoms with Gasteiger partial charge in [-0.3, -0.25) is 0 Å². The third-order valence-corrected chi connectivity index (χ3v) is 1.24. The summed E-state index contributed by atoms with van der Waals surface area (Å²) in [6, 6.07) is 0. The third kappa shape index (κ3) is 16.4. The monoisotopic (exact) mass is 174 g/mol. The van der Waals surface area contributed by atoms with E-state index < -0.39 is 5.60 Å². The Morgan fingerprint density at radius 3 is 1.58 bits per heavy atom. The molecule has 1 nitrogen and oxygen atoms in total.